The zero-order valence-electron chi connectivity index (χ0n) is 13.2. The molecule has 0 heterocycles. The van der Waals surface area contributed by atoms with Gasteiger partial charge in [0, 0.05) is 5.56 Å². The van der Waals surface area contributed by atoms with Gasteiger partial charge in [-0.25, -0.2) is 4.79 Å². The van der Waals surface area contributed by atoms with Crippen LogP contribution in [-0.4, -0.2) is 29.1 Å². The van der Waals surface area contributed by atoms with Crippen molar-refractivity contribution in [1.82, 2.24) is 5.32 Å². The highest BCUT2D eigenvalue weighted by Crippen LogP contribution is 2.32. The number of carboxylic acids is 1. The molecule has 0 saturated heterocycles. The van der Waals surface area contributed by atoms with Gasteiger partial charge in [-0.2, -0.15) is 0 Å². The van der Waals surface area contributed by atoms with Crippen LogP contribution in [0.2, 0.25) is 0 Å². The molecule has 0 spiro atoms. The van der Waals surface area contributed by atoms with Crippen LogP contribution < -0.4 is 10.1 Å². The number of benzene rings is 1. The van der Waals surface area contributed by atoms with Crippen molar-refractivity contribution in [3.05, 3.63) is 29.8 Å². The highest BCUT2D eigenvalue weighted by atomic mass is 16.5. The largest absolute Gasteiger partial charge is 0.481 e. The van der Waals surface area contributed by atoms with Crippen LogP contribution in [-0.2, 0) is 4.79 Å². The first-order valence-corrected chi connectivity index (χ1v) is 7.69. The third-order valence-corrected chi connectivity index (χ3v) is 4.33. The smallest absolute Gasteiger partial charge is 0.329 e. The van der Waals surface area contributed by atoms with Crippen LogP contribution in [0.4, 0.5) is 0 Å². The van der Waals surface area contributed by atoms with E-state index in [0.717, 1.165) is 12.8 Å². The first-order chi connectivity index (χ1) is 11.0. The Kier molecular flexibility index (Phi) is 5.28. The fraction of sp³-hybridized carbons (Fsp3) is 0.444. The van der Waals surface area contributed by atoms with Gasteiger partial charge in [-0.05, 0) is 55.9 Å². The Hall–Kier alpha value is -2.48. The molecule has 0 radical (unpaired) electrons. The zero-order valence-corrected chi connectivity index (χ0v) is 13.2. The highest BCUT2D eigenvalue weighted by Gasteiger charge is 2.42. The molecule has 1 aliphatic rings. The molecule has 2 rings (SSSR count). The topological polar surface area (TPSA) is 75.6 Å². The predicted molar refractivity (Wildman–Crippen MR) is 86.2 cm³/mol. The predicted octanol–water partition coefficient (Wildman–Crippen LogP) is 2.46. The van der Waals surface area contributed by atoms with Crippen LogP contribution >= 0.6 is 0 Å². The molecule has 0 unspecified atom stereocenters. The monoisotopic (exact) mass is 315 g/mol. The molecule has 0 atom stereocenters. The van der Waals surface area contributed by atoms with Crippen molar-refractivity contribution >= 4 is 11.9 Å². The molecule has 2 N–H and O–H groups in total. The average molecular weight is 315 g/mol. The van der Waals surface area contributed by atoms with Gasteiger partial charge in [-0.15, -0.1) is 6.42 Å². The third-order valence-electron chi connectivity index (χ3n) is 4.33. The summed E-state index contributed by atoms with van der Waals surface area (Å²) in [5.74, 6) is 2.07. The van der Waals surface area contributed by atoms with E-state index in [1.165, 1.54) is 0 Å². The zero-order chi connectivity index (χ0) is 16.9. The van der Waals surface area contributed by atoms with Crippen LogP contribution in [0.1, 0.15) is 43.0 Å². The fourth-order valence-electron chi connectivity index (χ4n) is 2.76. The quantitative estimate of drug-likeness (QED) is 0.819. The molecule has 0 aromatic heterocycles. The molecule has 1 aliphatic carbocycles. The van der Waals surface area contributed by atoms with Gasteiger partial charge < -0.3 is 15.2 Å². The number of ether oxygens (including phenoxy) is 1. The number of carboxylic acid groups (broad SMARTS) is 1. The first kappa shape index (κ1) is 16.9. The maximum absolute atomic E-state index is 12.4. The summed E-state index contributed by atoms with van der Waals surface area (Å²) in [4.78, 5) is 24.1. The van der Waals surface area contributed by atoms with E-state index < -0.39 is 11.5 Å². The third kappa shape index (κ3) is 4.04. The minimum absolute atomic E-state index is 0.159. The van der Waals surface area contributed by atoms with Crippen LogP contribution in [0.15, 0.2) is 24.3 Å². The molecule has 1 amide bonds. The van der Waals surface area contributed by atoms with Gasteiger partial charge in [0.15, 0.2) is 0 Å². The average Bonchev–Trinajstić information content (AvgIpc) is 2.55. The van der Waals surface area contributed by atoms with E-state index in [2.05, 4.69) is 18.2 Å². The van der Waals surface area contributed by atoms with E-state index in [9.17, 15) is 14.7 Å². The maximum Gasteiger partial charge on any atom is 0.329 e. The molecule has 1 saturated carbocycles. The lowest BCUT2D eigenvalue weighted by molar-refractivity contribution is -0.146. The summed E-state index contributed by atoms with van der Waals surface area (Å²) >= 11 is 0. The minimum atomic E-state index is -1.16. The van der Waals surface area contributed by atoms with Crippen molar-refractivity contribution < 1.29 is 19.4 Å². The van der Waals surface area contributed by atoms with Crippen molar-refractivity contribution in [3.63, 3.8) is 0 Å². The SMILES string of the molecule is C#CCOc1ccc(C(=O)NC2(C(=O)O)CCC(C)CC2)cc1. The summed E-state index contributed by atoms with van der Waals surface area (Å²) in [6.07, 6.45) is 7.62. The summed E-state index contributed by atoms with van der Waals surface area (Å²) in [6, 6.07) is 6.48. The van der Waals surface area contributed by atoms with E-state index in [0.29, 0.717) is 30.1 Å². The summed E-state index contributed by atoms with van der Waals surface area (Å²) in [7, 11) is 0. The molecule has 23 heavy (non-hydrogen) atoms. The number of nitrogens with one attached hydrogen (secondary N) is 1. The first-order valence-electron chi connectivity index (χ1n) is 7.69. The van der Waals surface area contributed by atoms with Gasteiger partial charge in [-0.1, -0.05) is 12.8 Å². The van der Waals surface area contributed by atoms with Gasteiger partial charge in [0.2, 0.25) is 0 Å². The summed E-state index contributed by atoms with van der Waals surface area (Å²) in [6.45, 7) is 2.26. The Bertz CT molecular complexity index is 607. The van der Waals surface area contributed by atoms with E-state index in [4.69, 9.17) is 11.2 Å². The maximum atomic E-state index is 12.4. The Morgan fingerprint density at radius 3 is 2.48 bits per heavy atom. The normalized spacial score (nSPS) is 23.6. The Morgan fingerprint density at radius 1 is 1.35 bits per heavy atom. The van der Waals surface area contributed by atoms with E-state index in [1.807, 2.05) is 0 Å². The number of aliphatic carboxylic acids is 1. The van der Waals surface area contributed by atoms with Crippen molar-refractivity contribution in [2.75, 3.05) is 6.61 Å². The molecular formula is C18H21NO4. The fourth-order valence-corrected chi connectivity index (χ4v) is 2.76. The number of amides is 1. The number of carbonyl (C=O) groups is 2. The summed E-state index contributed by atoms with van der Waals surface area (Å²) < 4.78 is 5.25. The lowest BCUT2D eigenvalue weighted by Crippen LogP contribution is -2.56. The van der Waals surface area contributed by atoms with Gasteiger partial charge in [0.25, 0.3) is 5.91 Å². The number of hydrogen-bond donors (Lipinski definition) is 2. The molecule has 1 aromatic carbocycles. The molecule has 0 bridgehead atoms. The van der Waals surface area contributed by atoms with Crippen LogP contribution in [0, 0.1) is 18.3 Å². The van der Waals surface area contributed by atoms with E-state index in [-0.39, 0.29) is 12.5 Å². The highest BCUT2D eigenvalue weighted by molar-refractivity contribution is 5.98. The summed E-state index contributed by atoms with van der Waals surface area (Å²) in [5, 5.41) is 12.3. The van der Waals surface area contributed by atoms with Crippen LogP contribution in [0.25, 0.3) is 0 Å². The number of rotatable bonds is 5. The van der Waals surface area contributed by atoms with Crippen molar-refractivity contribution in [2.45, 2.75) is 38.1 Å². The lowest BCUT2D eigenvalue weighted by atomic mass is 9.77. The Labute approximate surface area is 136 Å². The minimum Gasteiger partial charge on any atom is -0.481 e. The second kappa shape index (κ2) is 7.19. The molecule has 1 fully saturated rings. The lowest BCUT2D eigenvalue weighted by Gasteiger charge is -2.36. The summed E-state index contributed by atoms with van der Waals surface area (Å²) in [5.41, 5.74) is -0.764. The van der Waals surface area contributed by atoms with Gasteiger partial charge >= 0.3 is 5.97 Å². The number of terminal acetylenes is 1. The van der Waals surface area contributed by atoms with Gasteiger partial charge in [0.1, 0.15) is 17.9 Å². The second-order valence-electron chi connectivity index (χ2n) is 6.04. The number of carbonyl (C=O) groups excluding carboxylic acids is 1. The Balaban J connectivity index is 2.07. The standard InChI is InChI=1S/C18H21NO4/c1-3-12-23-15-6-4-14(5-7-15)16(20)19-18(17(21)22)10-8-13(2)9-11-18/h1,4-7,13H,8-12H2,2H3,(H,19,20)(H,21,22). The van der Waals surface area contributed by atoms with Crippen LogP contribution in [0.3, 0.4) is 0 Å². The van der Waals surface area contributed by atoms with E-state index in [1.54, 1.807) is 24.3 Å². The molecule has 5 heteroatoms. The second-order valence-corrected chi connectivity index (χ2v) is 6.04. The Morgan fingerprint density at radius 2 is 1.96 bits per heavy atom. The molecule has 5 nitrogen and oxygen atoms in total. The van der Waals surface area contributed by atoms with E-state index >= 15 is 0 Å². The van der Waals surface area contributed by atoms with Crippen molar-refractivity contribution in [3.8, 4) is 18.1 Å². The molecule has 0 aliphatic heterocycles. The molecule has 1 aromatic rings. The molecule has 122 valence electrons. The van der Waals surface area contributed by atoms with Gasteiger partial charge in [0.05, 0.1) is 0 Å². The van der Waals surface area contributed by atoms with Crippen LogP contribution in [0.5, 0.6) is 5.75 Å². The van der Waals surface area contributed by atoms with Crippen molar-refractivity contribution in [1.29, 1.82) is 0 Å². The van der Waals surface area contributed by atoms with Crippen molar-refractivity contribution in [2.24, 2.45) is 5.92 Å². The van der Waals surface area contributed by atoms with Gasteiger partial charge in [-0.3, -0.25) is 4.79 Å². The molecular weight excluding hydrogens is 294 g/mol. The number of hydrogen-bond acceptors (Lipinski definition) is 3.